The van der Waals surface area contributed by atoms with E-state index in [4.69, 9.17) is 4.74 Å². The second-order valence-corrected chi connectivity index (χ2v) is 7.23. The van der Waals surface area contributed by atoms with Crippen molar-refractivity contribution in [1.29, 1.82) is 0 Å². The molecule has 2 atom stereocenters. The predicted molar refractivity (Wildman–Crippen MR) is 103 cm³/mol. The molecule has 0 spiro atoms. The average molecular weight is 440 g/mol. The lowest BCUT2D eigenvalue weighted by Gasteiger charge is -2.33. The summed E-state index contributed by atoms with van der Waals surface area (Å²) in [5.41, 5.74) is 0.583. The molecule has 0 radical (unpaired) electrons. The van der Waals surface area contributed by atoms with E-state index in [0.717, 1.165) is 16.6 Å². The summed E-state index contributed by atoms with van der Waals surface area (Å²) in [5.74, 6) is -1.77. The van der Waals surface area contributed by atoms with Crippen molar-refractivity contribution in [1.82, 2.24) is 10.6 Å². The molecule has 0 aromatic heterocycles. The Morgan fingerprint density at radius 3 is 2.52 bits per heavy atom. The summed E-state index contributed by atoms with van der Waals surface area (Å²) in [4.78, 5) is 12.4. The Hall–Kier alpha value is -2.19. The first-order valence-electron chi connectivity index (χ1n) is 8.54. The topological polar surface area (TPSA) is 62.4 Å². The van der Waals surface area contributed by atoms with Crippen LogP contribution >= 0.6 is 15.9 Å². The fraction of sp³-hybridized carbons (Fsp3) is 0.316. The SMILES string of the molecule is COc1cc(F)c(C2CNCC[C@H]2NC(=O)Nc2ccc(Br)cc2)c(F)c1. The fourth-order valence-electron chi connectivity index (χ4n) is 3.24. The van der Waals surface area contributed by atoms with Gasteiger partial charge in [-0.25, -0.2) is 13.6 Å². The maximum atomic E-state index is 14.5. The molecule has 0 aliphatic carbocycles. The zero-order chi connectivity index (χ0) is 19.4. The van der Waals surface area contributed by atoms with Gasteiger partial charge in [0.1, 0.15) is 17.4 Å². The van der Waals surface area contributed by atoms with Crippen molar-refractivity contribution in [2.75, 3.05) is 25.5 Å². The lowest BCUT2D eigenvalue weighted by atomic mass is 9.86. The first-order chi connectivity index (χ1) is 13.0. The Morgan fingerprint density at radius 1 is 1.22 bits per heavy atom. The van der Waals surface area contributed by atoms with Gasteiger partial charge in [-0.05, 0) is 37.2 Å². The molecule has 3 rings (SSSR count). The quantitative estimate of drug-likeness (QED) is 0.674. The van der Waals surface area contributed by atoms with E-state index in [9.17, 15) is 13.6 Å². The molecule has 5 nitrogen and oxygen atoms in total. The van der Waals surface area contributed by atoms with Gasteiger partial charge in [0, 0.05) is 46.4 Å². The van der Waals surface area contributed by atoms with Crippen molar-refractivity contribution in [3.63, 3.8) is 0 Å². The molecule has 3 N–H and O–H groups in total. The third kappa shape index (κ3) is 4.75. The van der Waals surface area contributed by atoms with Crippen molar-refractivity contribution in [3.05, 3.63) is 58.1 Å². The Balaban J connectivity index is 1.76. The molecular formula is C19H20BrF2N3O2. The molecule has 0 saturated carbocycles. The first kappa shape index (κ1) is 19.6. The molecule has 2 aromatic carbocycles. The second-order valence-electron chi connectivity index (χ2n) is 6.32. The largest absolute Gasteiger partial charge is 0.497 e. The number of anilines is 1. The number of amides is 2. The van der Waals surface area contributed by atoms with Crippen LogP contribution in [0.25, 0.3) is 0 Å². The average Bonchev–Trinajstić information content (AvgIpc) is 2.64. The highest BCUT2D eigenvalue weighted by Crippen LogP contribution is 2.31. The van der Waals surface area contributed by atoms with E-state index in [-0.39, 0.29) is 11.3 Å². The van der Waals surface area contributed by atoms with Crippen LogP contribution in [-0.4, -0.2) is 32.3 Å². The second kappa shape index (κ2) is 8.67. The van der Waals surface area contributed by atoms with E-state index in [0.29, 0.717) is 25.2 Å². The lowest BCUT2D eigenvalue weighted by molar-refractivity contribution is 0.240. The van der Waals surface area contributed by atoms with Gasteiger partial charge in [-0.15, -0.1) is 0 Å². The zero-order valence-corrected chi connectivity index (χ0v) is 16.3. The van der Waals surface area contributed by atoms with Gasteiger partial charge in [-0.3, -0.25) is 0 Å². The number of halogens is 3. The Bertz CT molecular complexity index is 794. The highest BCUT2D eigenvalue weighted by atomic mass is 79.9. The zero-order valence-electron chi connectivity index (χ0n) is 14.7. The van der Waals surface area contributed by atoms with Crippen molar-refractivity contribution in [3.8, 4) is 5.75 Å². The predicted octanol–water partition coefficient (Wildman–Crippen LogP) is 4.00. The summed E-state index contributed by atoms with van der Waals surface area (Å²) in [6, 6.07) is 8.63. The standard InChI is InChI=1S/C19H20BrF2N3O2/c1-27-13-8-15(21)18(16(22)9-13)14-10-23-7-6-17(14)25-19(26)24-12-4-2-11(20)3-5-12/h2-5,8-9,14,17,23H,6-7,10H2,1H3,(H2,24,25,26)/t14?,17-/m1/s1. The van der Waals surface area contributed by atoms with E-state index in [1.54, 1.807) is 12.1 Å². The first-order valence-corrected chi connectivity index (χ1v) is 9.34. The van der Waals surface area contributed by atoms with Crippen molar-refractivity contribution in [2.45, 2.75) is 18.4 Å². The molecule has 2 amide bonds. The van der Waals surface area contributed by atoms with Gasteiger partial charge in [0.2, 0.25) is 0 Å². The highest BCUT2D eigenvalue weighted by Gasteiger charge is 2.32. The summed E-state index contributed by atoms with van der Waals surface area (Å²) in [6.07, 6.45) is 0.559. The number of piperidine rings is 1. The molecule has 2 aromatic rings. The lowest BCUT2D eigenvalue weighted by Crippen LogP contribution is -2.49. The third-order valence-electron chi connectivity index (χ3n) is 4.56. The van der Waals surface area contributed by atoms with Crippen LogP contribution in [0.4, 0.5) is 19.3 Å². The third-order valence-corrected chi connectivity index (χ3v) is 5.09. The number of rotatable bonds is 4. The number of methoxy groups -OCH3 is 1. The van der Waals surface area contributed by atoms with Crippen LogP contribution in [0.2, 0.25) is 0 Å². The van der Waals surface area contributed by atoms with Gasteiger partial charge in [0.15, 0.2) is 0 Å². The van der Waals surface area contributed by atoms with Gasteiger partial charge in [0.05, 0.1) is 7.11 Å². The monoisotopic (exact) mass is 439 g/mol. The number of carbonyl (C=O) groups is 1. The molecular weight excluding hydrogens is 420 g/mol. The highest BCUT2D eigenvalue weighted by molar-refractivity contribution is 9.10. The number of carbonyl (C=O) groups excluding carboxylic acids is 1. The summed E-state index contributed by atoms with van der Waals surface area (Å²) in [5, 5.41) is 8.72. The van der Waals surface area contributed by atoms with E-state index in [2.05, 4.69) is 31.9 Å². The molecule has 144 valence electrons. The van der Waals surface area contributed by atoms with E-state index in [1.165, 1.54) is 7.11 Å². The maximum absolute atomic E-state index is 14.5. The van der Waals surface area contributed by atoms with E-state index >= 15 is 0 Å². The summed E-state index contributed by atoms with van der Waals surface area (Å²) in [7, 11) is 1.35. The van der Waals surface area contributed by atoms with Crippen molar-refractivity contribution in [2.24, 2.45) is 0 Å². The van der Waals surface area contributed by atoms with Gasteiger partial charge in [-0.2, -0.15) is 0 Å². The summed E-state index contributed by atoms with van der Waals surface area (Å²) in [6.45, 7) is 1.02. The minimum atomic E-state index is -0.680. The van der Waals surface area contributed by atoms with Crippen molar-refractivity contribution < 1.29 is 18.3 Å². The molecule has 0 bridgehead atoms. The molecule has 1 fully saturated rings. The van der Waals surface area contributed by atoms with Gasteiger partial charge in [0.25, 0.3) is 0 Å². The van der Waals surface area contributed by atoms with Crippen LogP contribution in [-0.2, 0) is 0 Å². The minimum Gasteiger partial charge on any atom is -0.497 e. The van der Waals surface area contributed by atoms with Crippen LogP contribution < -0.4 is 20.7 Å². The van der Waals surface area contributed by atoms with Gasteiger partial charge in [-0.1, -0.05) is 15.9 Å². The minimum absolute atomic E-state index is 0.0445. The smallest absolute Gasteiger partial charge is 0.319 e. The Kier molecular flexibility index (Phi) is 6.28. The maximum Gasteiger partial charge on any atom is 0.319 e. The van der Waals surface area contributed by atoms with Gasteiger partial charge >= 0.3 is 6.03 Å². The molecule has 27 heavy (non-hydrogen) atoms. The number of hydrogen-bond acceptors (Lipinski definition) is 3. The molecule has 1 unspecified atom stereocenters. The van der Waals surface area contributed by atoms with Gasteiger partial charge < -0.3 is 20.7 Å². The van der Waals surface area contributed by atoms with Crippen LogP contribution in [0.15, 0.2) is 40.9 Å². The molecule has 1 aliphatic rings. The van der Waals surface area contributed by atoms with E-state index in [1.807, 2.05) is 12.1 Å². The fourth-order valence-corrected chi connectivity index (χ4v) is 3.50. The number of benzene rings is 2. The van der Waals surface area contributed by atoms with Crippen LogP contribution in [0.1, 0.15) is 17.9 Å². The molecule has 1 heterocycles. The van der Waals surface area contributed by atoms with Crippen molar-refractivity contribution >= 4 is 27.6 Å². The number of ether oxygens (including phenoxy) is 1. The molecule has 1 aliphatic heterocycles. The van der Waals surface area contributed by atoms with Crippen LogP contribution in [0.3, 0.4) is 0 Å². The molecule has 1 saturated heterocycles. The Labute approximate surface area is 164 Å². The number of nitrogens with one attached hydrogen (secondary N) is 3. The van der Waals surface area contributed by atoms with Crippen LogP contribution in [0.5, 0.6) is 5.75 Å². The normalized spacial score (nSPS) is 19.4. The molecule has 8 heteroatoms. The van der Waals surface area contributed by atoms with E-state index < -0.39 is 29.6 Å². The Morgan fingerprint density at radius 2 is 1.89 bits per heavy atom. The summed E-state index contributed by atoms with van der Waals surface area (Å²) >= 11 is 3.33. The van der Waals surface area contributed by atoms with Crippen LogP contribution in [0, 0.1) is 11.6 Å². The number of urea groups is 1. The summed E-state index contributed by atoms with van der Waals surface area (Å²) < 4.78 is 34.8. The number of hydrogen-bond donors (Lipinski definition) is 3.